The van der Waals surface area contributed by atoms with Crippen molar-refractivity contribution in [3.8, 4) is 23.0 Å². The molecule has 0 spiro atoms. The molecule has 0 aliphatic carbocycles. The standard InChI is InChI=1S/C35H46O20/c1-14-24(42)26(44)29(47)35(51-14)55-32-30(48)34(49-9-8-16-3-6-18(38)20(40)11-16)53-22(13-50-33-28(46)27(45)25(43)21(12-36)52-33)31(32)54-23(41)7-4-15-2-5-17(37)19(39)10-15/h2-7,10-11,14,21-22,24-40,42-48H,8-9,12-13H2,1H3/b7-4-/t14-,21+,22+,24-,25+,26+,27-,28+,29+,30+,31+,32+,33+,34+,35-/m0/s1. The van der Waals surface area contributed by atoms with Crippen LogP contribution >= 0.6 is 0 Å². The average molecular weight is 787 g/mol. The number of phenols is 4. The number of ether oxygens (including phenoxy) is 7. The predicted molar refractivity (Wildman–Crippen MR) is 180 cm³/mol. The summed E-state index contributed by atoms with van der Waals surface area (Å²) in [6.45, 7) is -0.254. The maximum Gasteiger partial charge on any atom is 0.331 e. The van der Waals surface area contributed by atoms with Crippen molar-refractivity contribution in [3.05, 3.63) is 53.6 Å². The van der Waals surface area contributed by atoms with Gasteiger partial charge in [-0.05, 0) is 54.8 Å². The molecule has 0 bridgehead atoms. The molecule has 55 heavy (non-hydrogen) atoms. The molecule has 3 aliphatic rings. The SMILES string of the molecule is C[C@@H]1O[C@@H](O[C@@H]2[C@@H](O)[C@H](OCCc3ccc(O)c(O)c3)O[C@H](CO[C@@H]3O[C@H](CO)[C@@H](O)[C@H](O)[C@H]3O)[C@H]2OC(=O)/C=C\c2ccc(O)c(O)c2)[C@H](O)[C@H](O)[C@H]1O. The van der Waals surface area contributed by atoms with Gasteiger partial charge in [0.05, 0.1) is 25.9 Å². The molecule has 5 rings (SSSR count). The van der Waals surface area contributed by atoms with Crippen molar-refractivity contribution in [2.75, 3.05) is 19.8 Å². The highest BCUT2D eigenvalue weighted by Crippen LogP contribution is 2.33. The van der Waals surface area contributed by atoms with E-state index >= 15 is 0 Å². The second kappa shape index (κ2) is 18.5. The molecule has 20 heteroatoms. The average Bonchev–Trinajstić information content (AvgIpc) is 3.16. The zero-order chi connectivity index (χ0) is 40.1. The topological polar surface area (TPSA) is 324 Å². The Kier molecular flexibility index (Phi) is 14.3. The highest BCUT2D eigenvalue weighted by molar-refractivity contribution is 5.87. The van der Waals surface area contributed by atoms with Crippen molar-refractivity contribution in [1.29, 1.82) is 0 Å². The number of carbonyl (C=O) groups is 1. The Labute approximate surface area is 313 Å². The summed E-state index contributed by atoms with van der Waals surface area (Å²) in [7, 11) is 0. The fourth-order valence-corrected chi connectivity index (χ4v) is 6.14. The summed E-state index contributed by atoms with van der Waals surface area (Å²) in [5, 5.41) is 123. The molecule has 15 atom stereocenters. The Morgan fingerprint density at radius 2 is 1.29 bits per heavy atom. The quantitative estimate of drug-likeness (QED) is 0.0541. The second-order valence-electron chi connectivity index (χ2n) is 13.3. The van der Waals surface area contributed by atoms with Gasteiger partial charge >= 0.3 is 5.97 Å². The van der Waals surface area contributed by atoms with E-state index in [0.29, 0.717) is 5.56 Å². The van der Waals surface area contributed by atoms with Gasteiger partial charge in [0.2, 0.25) is 0 Å². The van der Waals surface area contributed by atoms with Crippen LogP contribution in [0.25, 0.3) is 6.08 Å². The van der Waals surface area contributed by atoms with Crippen molar-refractivity contribution in [1.82, 2.24) is 0 Å². The van der Waals surface area contributed by atoms with Crippen LogP contribution < -0.4 is 0 Å². The maximum absolute atomic E-state index is 13.3. The summed E-state index contributed by atoms with van der Waals surface area (Å²) in [4.78, 5) is 13.3. The molecule has 20 nitrogen and oxygen atoms in total. The van der Waals surface area contributed by atoms with E-state index < -0.39 is 123 Å². The Hall–Kier alpha value is -3.71. The van der Waals surface area contributed by atoms with Crippen LogP contribution in [0.5, 0.6) is 23.0 Å². The van der Waals surface area contributed by atoms with E-state index in [4.69, 9.17) is 33.2 Å². The molecule has 0 unspecified atom stereocenters. The zero-order valence-electron chi connectivity index (χ0n) is 29.2. The van der Waals surface area contributed by atoms with E-state index in [-0.39, 0.29) is 30.1 Å². The van der Waals surface area contributed by atoms with E-state index in [0.717, 1.165) is 12.1 Å². The highest BCUT2D eigenvalue weighted by Gasteiger charge is 2.53. The van der Waals surface area contributed by atoms with Crippen molar-refractivity contribution in [2.24, 2.45) is 0 Å². The monoisotopic (exact) mass is 786 g/mol. The Morgan fingerprint density at radius 1 is 0.673 bits per heavy atom. The predicted octanol–water partition coefficient (Wildman–Crippen LogP) is -3.19. The van der Waals surface area contributed by atoms with E-state index in [9.17, 15) is 66.1 Å². The number of benzene rings is 2. The van der Waals surface area contributed by atoms with Crippen LogP contribution in [0.2, 0.25) is 0 Å². The molecule has 306 valence electrons. The van der Waals surface area contributed by atoms with E-state index in [1.54, 1.807) is 0 Å². The number of hydrogen-bond donors (Lipinski definition) is 12. The van der Waals surface area contributed by atoms with Crippen LogP contribution in [0, 0.1) is 0 Å². The molecule has 2 aromatic rings. The third kappa shape index (κ3) is 10.0. The molecule has 12 N–H and O–H groups in total. The lowest BCUT2D eigenvalue weighted by Gasteiger charge is -2.47. The molecular formula is C35H46O20. The van der Waals surface area contributed by atoms with Gasteiger partial charge in [-0.3, -0.25) is 0 Å². The van der Waals surface area contributed by atoms with Crippen LogP contribution in [0.1, 0.15) is 18.1 Å². The normalized spacial score (nSPS) is 36.9. The Bertz CT molecular complexity index is 1610. The summed E-state index contributed by atoms with van der Waals surface area (Å²) in [5.74, 6) is -2.71. The Morgan fingerprint density at radius 3 is 1.96 bits per heavy atom. The van der Waals surface area contributed by atoms with Gasteiger partial charge in [-0.2, -0.15) is 0 Å². The number of esters is 1. The zero-order valence-corrected chi connectivity index (χ0v) is 29.2. The molecule has 3 saturated heterocycles. The van der Waals surface area contributed by atoms with Crippen molar-refractivity contribution < 1.29 is 99.2 Å². The third-order valence-corrected chi connectivity index (χ3v) is 9.36. The molecule has 3 fully saturated rings. The maximum atomic E-state index is 13.3. The van der Waals surface area contributed by atoms with Crippen LogP contribution in [-0.4, -0.2) is 179 Å². The van der Waals surface area contributed by atoms with Gasteiger partial charge < -0.3 is 94.4 Å². The molecule has 3 heterocycles. The highest BCUT2D eigenvalue weighted by atomic mass is 16.8. The number of hydrogen-bond acceptors (Lipinski definition) is 20. The van der Waals surface area contributed by atoms with Crippen molar-refractivity contribution in [2.45, 2.75) is 105 Å². The van der Waals surface area contributed by atoms with Gasteiger partial charge in [-0.25, -0.2) is 4.79 Å². The van der Waals surface area contributed by atoms with E-state index in [1.807, 2.05) is 0 Å². The van der Waals surface area contributed by atoms with Crippen LogP contribution in [0.3, 0.4) is 0 Å². The van der Waals surface area contributed by atoms with Crippen molar-refractivity contribution in [3.63, 3.8) is 0 Å². The van der Waals surface area contributed by atoms with Crippen LogP contribution in [-0.2, 0) is 44.4 Å². The number of aliphatic hydroxyl groups excluding tert-OH is 8. The van der Waals surface area contributed by atoms with Gasteiger partial charge in [0, 0.05) is 6.08 Å². The van der Waals surface area contributed by atoms with Gasteiger partial charge in [-0.1, -0.05) is 12.1 Å². The second-order valence-corrected chi connectivity index (χ2v) is 13.3. The summed E-state index contributed by atoms with van der Waals surface area (Å²) in [6, 6.07) is 7.75. The third-order valence-electron chi connectivity index (χ3n) is 9.36. The first-order valence-corrected chi connectivity index (χ1v) is 17.2. The number of aliphatic hydroxyl groups is 8. The molecule has 0 aromatic heterocycles. The number of rotatable bonds is 13. The minimum absolute atomic E-state index is 0.111. The number of carbonyl (C=O) groups excluding carboxylic acids is 1. The number of phenolic OH excluding ortho intramolecular Hbond substituents is 4. The van der Waals surface area contributed by atoms with Crippen molar-refractivity contribution >= 4 is 12.0 Å². The van der Waals surface area contributed by atoms with E-state index in [2.05, 4.69) is 0 Å². The Balaban J connectivity index is 1.43. The largest absolute Gasteiger partial charge is 0.504 e. The minimum atomic E-state index is -1.88. The van der Waals surface area contributed by atoms with Gasteiger partial charge in [-0.15, -0.1) is 0 Å². The van der Waals surface area contributed by atoms with Crippen LogP contribution in [0.15, 0.2) is 42.5 Å². The molecule has 0 saturated carbocycles. The van der Waals surface area contributed by atoms with E-state index in [1.165, 1.54) is 43.3 Å². The first kappa shape index (κ1) is 42.4. The fourth-order valence-electron chi connectivity index (χ4n) is 6.14. The number of aromatic hydroxyl groups is 4. The molecule has 2 aromatic carbocycles. The lowest BCUT2D eigenvalue weighted by atomic mass is 9.96. The smallest absolute Gasteiger partial charge is 0.331 e. The fraction of sp³-hybridized carbons (Fsp3) is 0.571. The lowest BCUT2D eigenvalue weighted by Crippen LogP contribution is -2.65. The molecule has 0 amide bonds. The lowest BCUT2D eigenvalue weighted by molar-refractivity contribution is -0.364. The van der Waals surface area contributed by atoms with Gasteiger partial charge in [0.1, 0.15) is 61.0 Å². The minimum Gasteiger partial charge on any atom is -0.504 e. The summed E-state index contributed by atoms with van der Waals surface area (Å²) < 4.78 is 40.2. The summed E-state index contributed by atoms with van der Waals surface area (Å²) >= 11 is 0. The molecule has 3 aliphatic heterocycles. The first-order valence-electron chi connectivity index (χ1n) is 17.2. The summed E-state index contributed by atoms with van der Waals surface area (Å²) in [6.07, 6.45) is -22.6. The van der Waals surface area contributed by atoms with Gasteiger partial charge in [0.15, 0.2) is 48.0 Å². The van der Waals surface area contributed by atoms with Crippen LogP contribution in [0.4, 0.5) is 0 Å². The molecular weight excluding hydrogens is 740 g/mol. The summed E-state index contributed by atoms with van der Waals surface area (Å²) in [5.41, 5.74) is 0.773. The van der Waals surface area contributed by atoms with Gasteiger partial charge in [0.25, 0.3) is 0 Å². The molecule has 0 radical (unpaired) electrons. The first-order chi connectivity index (χ1) is 26.1.